The number of nitrogens with one attached hydrogen (secondary N) is 1. The molecule has 4 rings (SSSR count). The minimum absolute atomic E-state index is 0.00598. The van der Waals surface area contributed by atoms with Crippen molar-refractivity contribution in [2.75, 3.05) is 27.2 Å². The third-order valence-electron chi connectivity index (χ3n) is 8.47. The lowest BCUT2D eigenvalue weighted by atomic mass is 9.69. The Labute approximate surface area is 226 Å². The number of Topliss-reactive ketones (excluding diaryl/α,β-unsaturated/α-hetero) is 1. The van der Waals surface area contributed by atoms with Crippen LogP contribution in [0.25, 0.3) is 0 Å². The molecule has 0 bridgehead atoms. The van der Waals surface area contributed by atoms with E-state index in [1.54, 1.807) is 42.3 Å². The van der Waals surface area contributed by atoms with Gasteiger partial charge in [-0.05, 0) is 94.0 Å². The summed E-state index contributed by atoms with van der Waals surface area (Å²) in [6.45, 7) is 1.87. The lowest BCUT2D eigenvalue weighted by Gasteiger charge is -2.46. The summed E-state index contributed by atoms with van der Waals surface area (Å²) in [6, 6.07) is 14.3. The van der Waals surface area contributed by atoms with E-state index < -0.39 is 5.60 Å². The number of carbonyl (C=O) groups is 2. The number of rotatable bonds is 13. The molecule has 3 N–H and O–H groups in total. The number of ketones is 1. The Bertz CT molecular complexity index is 1090. The molecule has 2 saturated carbocycles. The number of phenols is 1. The van der Waals surface area contributed by atoms with Gasteiger partial charge in [-0.2, -0.15) is 0 Å². The number of nitrogens with zero attached hydrogens (tertiary/aromatic N) is 1. The molecule has 7 heteroatoms. The van der Waals surface area contributed by atoms with Crippen LogP contribution in [0.4, 0.5) is 0 Å². The largest absolute Gasteiger partial charge is 0.504 e. The first-order valence-corrected chi connectivity index (χ1v) is 13.9. The molecule has 0 heterocycles. The second-order valence-electron chi connectivity index (χ2n) is 11.1. The lowest BCUT2D eigenvalue weighted by Crippen LogP contribution is -2.50. The van der Waals surface area contributed by atoms with Crippen molar-refractivity contribution < 1.29 is 24.5 Å². The summed E-state index contributed by atoms with van der Waals surface area (Å²) in [7, 11) is 3.32. The van der Waals surface area contributed by atoms with Crippen molar-refractivity contribution in [2.24, 2.45) is 11.8 Å². The number of aryl methyl sites for hydroxylation is 1. The van der Waals surface area contributed by atoms with Crippen molar-refractivity contribution in [3.05, 3.63) is 59.7 Å². The zero-order chi connectivity index (χ0) is 27.1. The molecule has 2 aromatic rings. The molecular formula is C31H42N2O5. The van der Waals surface area contributed by atoms with E-state index in [1.807, 2.05) is 18.2 Å². The number of hydrogen-bond donors (Lipinski definition) is 3. The molecule has 2 aliphatic carbocycles. The van der Waals surface area contributed by atoms with Gasteiger partial charge in [-0.3, -0.25) is 9.59 Å². The highest BCUT2D eigenvalue weighted by Crippen LogP contribution is 2.41. The minimum atomic E-state index is -0.841. The molecule has 2 fully saturated rings. The van der Waals surface area contributed by atoms with Gasteiger partial charge >= 0.3 is 0 Å². The molecule has 0 spiro atoms. The van der Waals surface area contributed by atoms with E-state index in [-0.39, 0.29) is 35.8 Å². The summed E-state index contributed by atoms with van der Waals surface area (Å²) in [4.78, 5) is 27.4. The quantitative estimate of drug-likeness (QED) is 0.205. The van der Waals surface area contributed by atoms with Gasteiger partial charge in [0, 0.05) is 18.7 Å². The third kappa shape index (κ3) is 7.35. The van der Waals surface area contributed by atoms with Crippen LogP contribution in [-0.4, -0.2) is 65.7 Å². The molecule has 206 valence electrons. The summed E-state index contributed by atoms with van der Waals surface area (Å²) in [5, 5.41) is 25.3. The first-order valence-electron chi connectivity index (χ1n) is 13.9. The Morgan fingerprint density at radius 2 is 1.89 bits per heavy atom. The first-order chi connectivity index (χ1) is 18.3. The molecule has 1 amide bonds. The van der Waals surface area contributed by atoms with Gasteiger partial charge in [-0.25, -0.2) is 0 Å². The molecule has 0 saturated heterocycles. The fraction of sp³-hybridized carbons (Fsp3) is 0.548. The highest BCUT2D eigenvalue weighted by Gasteiger charge is 2.43. The minimum Gasteiger partial charge on any atom is -0.504 e. The van der Waals surface area contributed by atoms with Gasteiger partial charge in [0.1, 0.15) is 0 Å². The van der Waals surface area contributed by atoms with Crippen LogP contribution in [0.2, 0.25) is 0 Å². The normalized spacial score (nSPS) is 23.1. The predicted octanol–water partition coefficient (Wildman–Crippen LogP) is 4.35. The van der Waals surface area contributed by atoms with E-state index in [1.165, 1.54) is 20.0 Å². The van der Waals surface area contributed by atoms with Crippen LogP contribution >= 0.6 is 0 Å². The fourth-order valence-electron chi connectivity index (χ4n) is 5.69. The van der Waals surface area contributed by atoms with Crippen molar-refractivity contribution in [3.8, 4) is 11.5 Å². The maximum Gasteiger partial charge on any atom is 0.230 e. The van der Waals surface area contributed by atoms with E-state index in [0.29, 0.717) is 43.4 Å². The van der Waals surface area contributed by atoms with E-state index in [0.717, 1.165) is 31.0 Å². The van der Waals surface area contributed by atoms with Crippen molar-refractivity contribution in [3.63, 3.8) is 0 Å². The molecule has 7 nitrogen and oxygen atoms in total. The molecule has 2 aromatic carbocycles. The molecule has 2 aliphatic rings. The number of hydrogen-bond acceptors (Lipinski definition) is 6. The zero-order valence-electron chi connectivity index (χ0n) is 22.7. The van der Waals surface area contributed by atoms with Crippen LogP contribution in [0.15, 0.2) is 48.5 Å². The van der Waals surface area contributed by atoms with Crippen LogP contribution in [0.1, 0.15) is 67.3 Å². The van der Waals surface area contributed by atoms with Gasteiger partial charge in [0.25, 0.3) is 0 Å². The van der Waals surface area contributed by atoms with Crippen molar-refractivity contribution in [1.29, 1.82) is 0 Å². The van der Waals surface area contributed by atoms with E-state index >= 15 is 0 Å². The Morgan fingerprint density at radius 3 is 2.61 bits per heavy atom. The Balaban J connectivity index is 1.39. The number of aliphatic hydroxyl groups is 1. The van der Waals surface area contributed by atoms with Gasteiger partial charge in [-0.1, -0.05) is 36.4 Å². The highest BCUT2D eigenvalue weighted by molar-refractivity contribution is 6.07. The Kier molecular flexibility index (Phi) is 9.44. The van der Waals surface area contributed by atoms with Gasteiger partial charge in [0.15, 0.2) is 17.3 Å². The predicted molar refractivity (Wildman–Crippen MR) is 147 cm³/mol. The summed E-state index contributed by atoms with van der Waals surface area (Å²) in [5.41, 5.74) is 0.720. The molecule has 38 heavy (non-hydrogen) atoms. The van der Waals surface area contributed by atoms with Crippen LogP contribution in [0, 0.1) is 11.8 Å². The van der Waals surface area contributed by atoms with Gasteiger partial charge < -0.3 is 25.2 Å². The SMILES string of the molecule is COc1cc(CCC2(O)CCC(N(C)C(=O)CC(=O)c3ccccc3)CC2CCNCC2CC2)ccc1O. The van der Waals surface area contributed by atoms with Crippen LogP contribution < -0.4 is 10.1 Å². The Morgan fingerprint density at radius 1 is 1.13 bits per heavy atom. The number of carbonyl (C=O) groups excluding carboxylic acids is 2. The third-order valence-corrected chi connectivity index (χ3v) is 8.47. The number of phenolic OH excluding ortho intramolecular Hbond substituents is 1. The van der Waals surface area contributed by atoms with Crippen LogP contribution in [0.3, 0.4) is 0 Å². The molecule has 0 radical (unpaired) electrons. The summed E-state index contributed by atoms with van der Waals surface area (Å²) < 4.78 is 5.25. The second-order valence-corrected chi connectivity index (χ2v) is 11.1. The maximum absolute atomic E-state index is 13.0. The van der Waals surface area contributed by atoms with Crippen molar-refractivity contribution >= 4 is 11.7 Å². The van der Waals surface area contributed by atoms with Gasteiger partial charge in [-0.15, -0.1) is 0 Å². The number of amides is 1. The number of ether oxygens (including phenoxy) is 1. The monoisotopic (exact) mass is 522 g/mol. The maximum atomic E-state index is 13.0. The fourth-order valence-corrected chi connectivity index (χ4v) is 5.69. The standard InChI is InChI=1S/C31H42N2O5/c1-33(30(36)20-28(35)24-6-4-3-5-7-24)26-13-16-31(37,25(19-26)14-17-32-21-23-8-9-23)15-12-22-10-11-27(34)29(18-22)38-2/h3-7,10-11,18,23,25-26,32,34,37H,8-9,12-17,19-21H2,1-2H3. The smallest absolute Gasteiger partial charge is 0.230 e. The number of methoxy groups -OCH3 is 1. The molecule has 0 aliphatic heterocycles. The molecule has 3 unspecified atom stereocenters. The second kappa shape index (κ2) is 12.8. The van der Waals surface area contributed by atoms with Gasteiger partial charge in [0.05, 0.1) is 19.1 Å². The topological polar surface area (TPSA) is 99.1 Å². The van der Waals surface area contributed by atoms with Crippen LogP contribution in [-0.2, 0) is 11.2 Å². The lowest BCUT2D eigenvalue weighted by molar-refractivity contribution is -0.135. The summed E-state index contributed by atoms with van der Waals surface area (Å²) in [6.07, 6.45) is 6.58. The van der Waals surface area contributed by atoms with Crippen LogP contribution in [0.5, 0.6) is 11.5 Å². The molecule has 0 aromatic heterocycles. The summed E-state index contributed by atoms with van der Waals surface area (Å²) in [5.74, 6) is 1.03. The van der Waals surface area contributed by atoms with E-state index in [9.17, 15) is 19.8 Å². The van der Waals surface area contributed by atoms with Crippen molar-refractivity contribution in [1.82, 2.24) is 10.2 Å². The number of benzene rings is 2. The molecular weight excluding hydrogens is 480 g/mol. The zero-order valence-corrected chi connectivity index (χ0v) is 22.7. The average Bonchev–Trinajstić information content (AvgIpc) is 3.76. The molecule has 3 atom stereocenters. The van der Waals surface area contributed by atoms with Gasteiger partial charge in [0.2, 0.25) is 5.91 Å². The van der Waals surface area contributed by atoms with Crippen molar-refractivity contribution in [2.45, 2.75) is 69.4 Å². The highest BCUT2D eigenvalue weighted by atomic mass is 16.5. The summed E-state index contributed by atoms with van der Waals surface area (Å²) >= 11 is 0. The van der Waals surface area contributed by atoms with E-state index in [2.05, 4.69) is 5.32 Å². The first kappa shape index (κ1) is 28.1. The average molecular weight is 523 g/mol. The number of aromatic hydroxyl groups is 1. The Hall–Kier alpha value is -2.90. The van der Waals surface area contributed by atoms with E-state index in [4.69, 9.17) is 4.74 Å².